The first kappa shape index (κ1) is 12.1. The molecule has 1 N–H and O–H groups in total. The molecule has 0 aliphatic heterocycles. The summed E-state index contributed by atoms with van der Waals surface area (Å²) in [5, 5.41) is 3.46. The highest BCUT2D eigenvalue weighted by Gasteiger charge is 2.04. The van der Waals surface area contributed by atoms with E-state index in [0.717, 1.165) is 25.3 Å². The summed E-state index contributed by atoms with van der Waals surface area (Å²) in [4.78, 5) is 6.61. The average Bonchev–Trinajstić information content (AvgIpc) is 2.29. The topological polar surface area (TPSA) is 28.2 Å². The molecule has 3 heteroatoms. The summed E-state index contributed by atoms with van der Waals surface area (Å²) in [7, 11) is 2.13. The van der Waals surface area contributed by atoms with Gasteiger partial charge in [0.05, 0.1) is 5.69 Å². The smallest absolute Gasteiger partial charge is 0.0570 e. The molecule has 0 saturated heterocycles. The normalized spacial score (nSPS) is 13.1. The molecule has 1 aromatic rings. The predicted molar refractivity (Wildman–Crippen MR) is 63.8 cm³/mol. The monoisotopic (exact) mass is 207 g/mol. The van der Waals surface area contributed by atoms with Crippen LogP contribution in [-0.4, -0.2) is 36.6 Å². The van der Waals surface area contributed by atoms with E-state index in [2.05, 4.69) is 42.2 Å². The van der Waals surface area contributed by atoms with E-state index in [4.69, 9.17) is 0 Å². The zero-order valence-corrected chi connectivity index (χ0v) is 9.90. The lowest BCUT2D eigenvalue weighted by molar-refractivity contribution is 0.341. The van der Waals surface area contributed by atoms with Gasteiger partial charge >= 0.3 is 0 Å². The van der Waals surface area contributed by atoms with E-state index in [1.807, 2.05) is 18.3 Å². The Kier molecular flexibility index (Phi) is 5.29. The molecule has 1 rings (SSSR count). The van der Waals surface area contributed by atoms with Crippen molar-refractivity contribution in [1.82, 2.24) is 15.2 Å². The van der Waals surface area contributed by atoms with Gasteiger partial charge in [0.15, 0.2) is 0 Å². The highest BCUT2D eigenvalue weighted by atomic mass is 15.1. The van der Waals surface area contributed by atoms with Crippen LogP contribution < -0.4 is 5.32 Å². The van der Waals surface area contributed by atoms with Crippen molar-refractivity contribution in [3.63, 3.8) is 0 Å². The molecule has 1 unspecified atom stereocenters. The first-order chi connectivity index (χ1) is 7.24. The van der Waals surface area contributed by atoms with E-state index in [1.165, 1.54) is 0 Å². The largest absolute Gasteiger partial charge is 0.308 e. The number of hydrogen-bond acceptors (Lipinski definition) is 3. The molecule has 84 valence electrons. The van der Waals surface area contributed by atoms with Crippen LogP contribution in [0.2, 0.25) is 0 Å². The molecule has 0 saturated carbocycles. The lowest BCUT2D eigenvalue weighted by Crippen LogP contribution is -2.30. The van der Waals surface area contributed by atoms with Crippen LogP contribution >= 0.6 is 0 Å². The maximum Gasteiger partial charge on any atom is 0.0570 e. The first-order valence-electron chi connectivity index (χ1n) is 5.57. The summed E-state index contributed by atoms with van der Waals surface area (Å²) >= 11 is 0. The van der Waals surface area contributed by atoms with Gasteiger partial charge in [0.1, 0.15) is 0 Å². The predicted octanol–water partition coefficient (Wildman–Crippen LogP) is 1.68. The van der Waals surface area contributed by atoms with E-state index in [9.17, 15) is 0 Å². The number of pyridine rings is 1. The van der Waals surface area contributed by atoms with Gasteiger partial charge in [-0.15, -0.1) is 0 Å². The van der Waals surface area contributed by atoms with Crippen molar-refractivity contribution in [3.05, 3.63) is 30.1 Å². The molecule has 15 heavy (non-hydrogen) atoms. The fraction of sp³-hybridized carbons (Fsp3) is 0.583. The Labute approximate surface area is 92.5 Å². The molecule has 0 bridgehead atoms. The second-order valence-electron chi connectivity index (χ2n) is 3.83. The molecule has 1 atom stereocenters. The van der Waals surface area contributed by atoms with Crippen LogP contribution in [0.4, 0.5) is 0 Å². The SMILES string of the molecule is CCN(C)CCNC(C)c1ccccn1. The van der Waals surface area contributed by atoms with Gasteiger partial charge in [-0.25, -0.2) is 0 Å². The summed E-state index contributed by atoms with van der Waals surface area (Å²) < 4.78 is 0. The summed E-state index contributed by atoms with van der Waals surface area (Å²) in [6.07, 6.45) is 1.84. The number of aromatic nitrogens is 1. The zero-order chi connectivity index (χ0) is 11.1. The molecule has 0 spiro atoms. The minimum absolute atomic E-state index is 0.330. The van der Waals surface area contributed by atoms with Gasteiger partial charge in [-0.1, -0.05) is 13.0 Å². The van der Waals surface area contributed by atoms with Gasteiger partial charge in [0, 0.05) is 25.3 Å². The zero-order valence-electron chi connectivity index (χ0n) is 9.90. The number of rotatable bonds is 6. The van der Waals surface area contributed by atoms with Crippen LogP contribution in [0.15, 0.2) is 24.4 Å². The van der Waals surface area contributed by atoms with E-state index in [1.54, 1.807) is 0 Å². The number of nitrogens with zero attached hydrogens (tertiary/aromatic N) is 2. The van der Waals surface area contributed by atoms with Crippen LogP contribution in [0.3, 0.4) is 0 Å². The van der Waals surface area contributed by atoms with Gasteiger partial charge in [0.2, 0.25) is 0 Å². The molecule has 3 nitrogen and oxygen atoms in total. The molecule has 0 fully saturated rings. The Hall–Kier alpha value is -0.930. The van der Waals surface area contributed by atoms with Crippen molar-refractivity contribution in [2.75, 3.05) is 26.7 Å². The minimum Gasteiger partial charge on any atom is -0.308 e. The third-order valence-corrected chi connectivity index (χ3v) is 2.62. The van der Waals surface area contributed by atoms with Crippen LogP contribution in [0, 0.1) is 0 Å². The van der Waals surface area contributed by atoms with Gasteiger partial charge < -0.3 is 10.2 Å². The number of likely N-dealkylation sites (N-methyl/N-ethyl adjacent to an activating group) is 1. The molecular formula is C12H21N3. The molecule has 0 amide bonds. The van der Waals surface area contributed by atoms with Gasteiger partial charge in [-0.2, -0.15) is 0 Å². The second kappa shape index (κ2) is 6.53. The Bertz CT molecular complexity index is 261. The van der Waals surface area contributed by atoms with Crippen molar-refractivity contribution in [2.45, 2.75) is 19.9 Å². The quantitative estimate of drug-likeness (QED) is 0.769. The Morgan fingerprint density at radius 2 is 2.27 bits per heavy atom. The highest BCUT2D eigenvalue weighted by molar-refractivity contribution is 5.07. The lowest BCUT2D eigenvalue weighted by atomic mass is 10.2. The third kappa shape index (κ3) is 4.40. The molecule has 1 heterocycles. The van der Waals surface area contributed by atoms with E-state index < -0.39 is 0 Å². The second-order valence-corrected chi connectivity index (χ2v) is 3.83. The van der Waals surface area contributed by atoms with Crippen molar-refractivity contribution in [1.29, 1.82) is 0 Å². The van der Waals surface area contributed by atoms with Crippen molar-refractivity contribution in [3.8, 4) is 0 Å². The van der Waals surface area contributed by atoms with E-state index in [-0.39, 0.29) is 0 Å². The third-order valence-electron chi connectivity index (χ3n) is 2.62. The standard InChI is InChI=1S/C12H21N3/c1-4-15(3)10-9-13-11(2)12-7-5-6-8-14-12/h5-8,11,13H,4,9-10H2,1-3H3. The summed E-state index contributed by atoms with van der Waals surface area (Å²) in [6.45, 7) is 7.49. The fourth-order valence-corrected chi connectivity index (χ4v) is 1.37. The Morgan fingerprint density at radius 1 is 1.47 bits per heavy atom. The maximum absolute atomic E-state index is 4.32. The Morgan fingerprint density at radius 3 is 2.87 bits per heavy atom. The minimum atomic E-state index is 0.330. The van der Waals surface area contributed by atoms with Gasteiger partial charge in [0.25, 0.3) is 0 Å². The lowest BCUT2D eigenvalue weighted by Gasteiger charge is -2.17. The van der Waals surface area contributed by atoms with Crippen LogP contribution in [-0.2, 0) is 0 Å². The number of nitrogens with one attached hydrogen (secondary N) is 1. The Balaban J connectivity index is 2.28. The average molecular weight is 207 g/mol. The van der Waals surface area contributed by atoms with Gasteiger partial charge in [-0.05, 0) is 32.6 Å². The summed E-state index contributed by atoms with van der Waals surface area (Å²) in [5.41, 5.74) is 1.11. The molecule has 0 aliphatic rings. The maximum atomic E-state index is 4.32. The molecule has 0 aromatic carbocycles. The first-order valence-corrected chi connectivity index (χ1v) is 5.57. The van der Waals surface area contributed by atoms with Crippen molar-refractivity contribution in [2.24, 2.45) is 0 Å². The highest BCUT2D eigenvalue weighted by Crippen LogP contribution is 2.06. The molecule has 0 aliphatic carbocycles. The summed E-state index contributed by atoms with van der Waals surface area (Å²) in [5.74, 6) is 0. The fourth-order valence-electron chi connectivity index (χ4n) is 1.37. The molecule has 0 radical (unpaired) electrons. The van der Waals surface area contributed by atoms with Crippen molar-refractivity contribution < 1.29 is 0 Å². The molecule has 1 aromatic heterocycles. The summed E-state index contributed by atoms with van der Waals surface area (Å²) in [6, 6.07) is 6.36. The van der Waals surface area contributed by atoms with Crippen molar-refractivity contribution >= 4 is 0 Å². The molecular weight excluding hydrogens is 186 g/mol. The van der Waals surface area contributed by atoms with E-state index >= 15 is 0 Å². The van der Waals surface area contributed by atoms with Crippen LogP contribution in [0.25, 0.3) is 0 Å². The van der Waals surface area contributed by atoms with E-state index in [0.29, 0.717) is 6.04 Å². The van der Waals surface area contributed by atoms with Gasteiger partial charge in [-0.3, -0.25) is 4.98 Å². The number of hydrogen-bond donors (Lipinski definition) is 1. The van der Waals surface area contributed by atoms with Crippen LogP contribution in [0.1, 0.15) is 25.6 Å². The van der Waals surface area contributed by atoms with Crippen LogP contribution in [0.5, 0.6) is 0 Å².